The SMILES string of the molecule is COC(=O)c1ccc(-c2cn(C)c(=O)n(C)c2=O)cc1. The molecule has 0 fully saturated rings. The summed E-state index contributed by atoms with van der Waals surface area (Å²) in [5, 5.41) is 0. The van der Waals surface area contributed by atoms with Crippen molar-refractivity contribution >= 4 is 5.97 Å². The van der Waals surface area contributed by atoms with Crippen LogP contribution in [0.5, 0.6) is 0 Å². The van der Waals surface area contributed by atoms with Crippen LogP contribution in [-0.4, -0.2) is 22.2 Å². The second-order valence-corrected chi connectivity index (χ2v) is 4.37. The van der Waals surface area contributed by atoms with Gasteiger partial charge in [0.05, 0.1) is 18.2 Å². The molecule has 104 valence electrons. The highest BCUT2D eigenvalue weighted by atomic mass is 16.5. The van der Waals surface area contributed by atoms with E-state index in [4.69, 9.17) is 0 Å². The largest absolute Gasteiger partial charge is 0.465 e. The van der Waals surface area contributed by atoms with Crippen LogP contribution in [0.3, 0.4) is 0 Å². The van der Waals surface area contributed by atoms with Crippen molar-refractivity contribution in [1.29, 1.82) is 0 Å². The molecule has 0 unspecified atom stereocenters. The fourth-order valence-electron chi connectivity index (χ4n) is 1.91. The molecule has 0 N–H and O–H groups in total. The van der Waals surface area contributed by atoms with Gasteiger partial charge in [-0.3, -0.25) is 9.36 Å². The number of esters is 1. The zero-order valence-electron chi connectivity index (χ0n) is 11.4. The molecule has 0 aliphatic rings. The molecule has 2 aromatic rings. The van der Waals surface area contributed by atoms with E-state index in [9.17, 15) is 14.4 Å². The Morgan fingerprint density at radius 2 is 1.70 bits per heavy atom. The van der Waals surface area contributed by atoms with Crippen LogP contribution in [0.2, 0.25) is 0 Å². The predicted molar refractivity (Wildman–Crippen MR) is 73.7 cm³/mol. The van der Waals surface area contributed by atoms with E-state index >= 15 is 0 Å². The van der Waals surface area contributed by atoms with Crippen LogP contribution in [-0.2, 0) is 18.8 Å². The fourth-order valence-corrected chi connectivity index (χ4v) is 1.91. The lowest BCUT2D eigenvalue weighted by Crippen LogP contribution is -2.37. The Bertz CT molecular complexity index is 769. The van der Waals surface area contributed by atoms with Crippen LogP contribution < -0.4 is 11.2 Å². The Hall–Kier alpha value is -2.63. The number of nitrogens with zero attached hydrogens (tertiary/aromatic N) is 2. The van der Waals surface area contributed by atoms with E-state index < -0.39 is 5.97 Å². The van der Waals surface area contributed by atoms with E-state index in [1.54, 1.807) is 31.3 Å². The number of hydrogen-bond acceptors (Lipinski definition) is 4. The molecule has 1 aromatic heterocycles. The highest BCUT2D eigenvalue weighted by Crippen LogP contribution is 2.15. The van der Waals surface area contributed by atoms with Crippen LogP contribution in [0, 0.1) is 0 Å². The normalized spacial score (nSPS) is 10.3. The van der Waals surface area contributed by atoms with Crippen molar-refractivity contribution in [3.05, 3.63) is 56.9 Å². The van der Waals surface area contributed by atoms with Gasteiger partial charge in [0.1, 0.15) is 0 Å². The Kier molecular flexibility index (Phi) is 3.56. The lowest BCUT2D eigenvalue weighted by atomic mass is 10.1. The smallest absolute Gasteiger partial charge is 0.337 e. The first-order valence-electron chi connectivity index (χ1n) is 5.91. The molecule has 0 aliphatic heterocycles. The number of aryl methyl sites for hydroxylation is 1. The van der Waals surface area contributed by atoms with Gasteiger partial charge in [0.15, 0.2) is 0 Å². The van der Waals surface area contributed by atoms with Crippen molar-refractivity contribution in [2.24, 2.45) is 14.1 Å². The average molecular weight is 274 g/mol. The van der Waals surface area contributed by atoms with Crippen LogP contribution >= 0.6 is 0 Å². The predicted octanol–water partition coefficient (Wildman–Crippen LogP) is 0.538. The summed E-state index contributed by atoms with van der Waals surface area (Å²) in [7, 11) is 4.31. The van der Waals surface area contributed by atoms with Crippen molar-refractivity contribution in [3.8, 4) is 11.1 Å². The van der Waals surface area contributed by atoms with Crippen LogP contribution in [0.1, 0.15) is 10.4 Å². The standard InChI is InChI=1S/C14H14N2O4/c1-15-8-11(12(17)16(2)14(15)19)9-4-6-10(7-5-9)13(18)20-3/h4-8H,1-3H3. The Balaban J connectivity index is 2.56. The lowest BCUT2D eigenvalue weighted by Gasteiger charge is -2.07. The zero-order valence-corrected chi connectivity index (χ0v) is 11.4. The van der Waals surface area contributed by atoms with E-state index in [-0.39, 0.29) is 11.2 Å². The summed E-state index contributed by atoms with van der Waals surface area (Å²) in [4.78, 5) is 35.0. The monoisotopic (exact) mass is 274 g/mol. The first-order valence-corrected chi connectivity index (χ1v) is 5.91. The van der Waals surface area contributed by atoms with Crippen LogP contribution in [0.25, 0.3) is 11.1 Å². The van der Waals surface area contributed by atoms with Crippen LogP contribution in [0.15, 0.2) is 40.1 Å². The number of ether oxygens (including phenoxy) is 1. The van der Waals surface area contributed by atoms with Crippen molar-refractivity contribution in [1.82, 2.24) is 9.13 Å². The number of carbonyl (C=O) groups excluding carboxylic acids is 1. The summed E-state index contributed by atoms with van der Waals surface area (Å²) in [5.41, 5.74) is 0.668. The van der Waals surface area contributed by atoms with Crippen LogP contribution in [0.4, 0.5) is 0 Å². The number of carbonyl (C=O) groups is 1. The fraction of sp³-hybridized carbons (Fsp3) is 0.214. The summed E-state index contributed by atoms with van der Waals surface area (Å²) < 4.78 is 6.99. The highest BCUT2D eigenvalue weighted by molar-refractivity contribution is 5.89. The minimum atomic E-state index is -0.440. The molecule has 6 nitrogen and oxygen atoms in total. The molecular weight excluding hydrogens is 260 g/mol. The molecule has 0 spiro atoms. The minimum Gasteiger partial charge on any atom is -0.465 e. The molecule has 0 atom stereocenters. The topological polar surface area (TPSA) is 70.3 Å². The molecule has 0 saturated carbocycles. The van der Waals surface area contributed by atoms with Crippen molar-refractivity contribution in [3.63, 3.8) is 0 Å². The maximum Gasteiger partial charge on any atom is 0.337 e. The third kappa shape index (κ3) is 2.27. The maximum absolute atomic E-state index is 12.1. The molecular formula is C14H14N2O4. The first-order chi connectivity index (χ1) is 9.45. The maximum atomic E-state index is 12.1. The molecule has 0 amide bonds. The minimum absolute atomic E-state index is 0.376. The van der Waals surface area contributed by atoms with Gasteiger partial charge in [-0.1, -0.05) is 12.1 Å². The molecule has 20 heavy (non-hydrogen) atoms. The number of benzene rings is 1. The molecule has 0 aliphatic carbocycles. The Morgan fingerprint density at radius 3 is 2.25 bits per heavy atom. The van der Waals surface area contributed by atoms with Crippen molar-refractivity contribution < 1.29 is 9.53 Å². The summed E-state index contributed by atoms with van der Waals surface area (Å²) in [5.74, 6) is -0.440. The highest BCUT2D eigenvalue weighted by Gasteiger charge is 2.10. The van der Waals surface area contributed by atoms with E-state index in [2.05, 4.69) is 4.74 Å². The third-order valence-electron chi connectivity index (χ3n) is 3.06. The van der Waals surface area contributed by atoms with E-state index in [1.807, 2.05) is 0 Å². The van der Waals surface area contributed by atoms with Gasteiger partial charge >= 0.3 is 11.7 Å². The van der Waals surface area contributed by atoms with Gasteiger partial charge in [-0.25, -0.2) is 9.59 Å². The lowest BCUT2D eigenvalue weighted by molar-refractivity contribution is 0.0601. The number of methoxy groups -OCH3 is 1. The van der Waals surface area contributed by atoms with E-state index in [0.29, 0.717) is 16.7 Å². The van der Waals surface area contributed by atoms with Gasteiger partial charge in [-0.15, -0.1) is 0 Å². The van der Waals surface area contributed by atoms with Crippen molar-refractivity contribution in [2.45, 2.75) is 0 Å². The molecule has 6 heteroatoms. The molecule has 1 aromatic carbocycles. The quantitative estimate of drug-likeness (QED) is 0.749. The van der Waals surface area contributed by atoms with Gasteiger partial charge in [-0.05, 0) is 17.7 Å². The van der Waals surface area contributed by atoms with Gasteiger partial charge in [0.25, 0.3) is 5.56 Å². The van der Waals surface area contributed by atoms with Crippen molar-refractivity contribution in [2.75, 3.05) is 7.11 Å². The first kappa shape index (κ1) is 13.8. The Labute approximate surface area is 114 Å². The summed E-state index contributed by atoms with van der Waals surface area (Å²) in [6, 6.07) is 6.44. The van der Waals surface area contributed by atoms with E-state index in [0.717, 1.165) is 4.57 Å². The average Bonchev–Trinajstić information content (AvgIpc) is 2.48. The van der Waals surface area contributed by atoms with Gasteiger partial charge in [0, 0.05) is 20.3 Å². The molecule has 2 rings (SSSR count). The summed E-state index contributed by atoms with van der Waals surface area (Å²) in [6.45, 7) is 0. The molecule has 0 radical (unpaired) electrons. The number of hydrogen-bond donors (Lipinski definition) is 0. The van der Waals surface area contributed by atoms with Gasteiger partial charge in [0.2, 0.25) is 0 Å². The summed E-state index contributed by atoms with van der Waals surface area (Å²) in [6.07, 6.45) is 1.48. The Morgan fingerprint density at radius 1 is 1.10 bits per heavy atom. The molecule has 1 heterocycles. The zero-order chi connectivity index (χ0) is 14.9. The molecule has 0 bridgehead atoms. The van der Waals surface area contributed by atoms with E-state index in [1.165, 1.54) is 24.9 Å². The number of aromatic nitrogens is 2. The second kappa shape index (κ2) is 5.16. The molecule has 0 saturated heterocycles. The number of rotatable bonds is 2. The summed E-state index contributed by atoms with van der Waals surface area (Å²) >= 11 is 0. The van der Waals surface area contributed by atoms with Gasteiger partial charge in [-0.2, -0.15) is 0 Å². The third-order valence-corrected chi connectivity index (χ3v) is 3.06. The second-order valence-electron chi connectivity index (χ2n) is 4.37. The van der Waals surface area contributed by atoms with Gasteiger partial charge < -0.3 is 9.30 Å².